The summed E-state index contributed by atoms with van der Waals surface area (Å²) in [5.74, 6) is 1.28. The van der Waals surface area contributed by atoms with E-state index in [4.69, 9.17) is 23.8 Å². The van der Waals surface area contributed by atoms with Crippen molar-refractivity contribution in [2.75, 3.05) is 10.6 Å². The number of aromatic nitrogens is 4. The molecule has 2 heterocycles. The summed E-state index contributed by atoms with van der Waals surface area (Å²) in [6, 6.07) is 17.9. The van der Waals surface area contributed by atoms with E-state index in [0.717, 1.165) is 10.0 Å². The largest absolute Gasteiger partial charge is 0.316 e. The van der Waals surface area contributed by atoms with Gasteiger partial charge in [-0.3, -0.25) is 9.36 Å². The number of halogens is 2. The normalized spacial score (nSPS) is 10.8. The third-order valence-corrected chi connectivity index (χ3v) is 5.87. The molecule has 0 radical (unpaired) electrons. The molecule has 2 aromatic carbocycles. The van der Waals surface area contributed by atoms with Gasteiger partial charge in [0.05, 0.1) is 17.6 Å². The van der Waals surface area contributed by atoms with Crippen LogP contribution in [0.2, 0.25) is 5.02 Å². The third kappa shape index (κ3) is 5.52. The van der Waals surface area contributed by atoms with Crippen LogP contribution in [-0.4, -0.2) is 24.7 Å². The van der Waals surface area contributed by atoms with Gasteiger partial charge in [-0.05, 0) is 57.8 Å². The van der Waals surface area contributed by atoms with Crippen molar-refractivity contribution in [3.05, 3.63) is 93.2 Å². The smallest absolute Gasteiger partial charge is 0.177 e. The van der Waals surface area contributed by atoms with Gasteiger partial charge >= 0.3 is 0 Å². The molecule has 4 rings (SSSR count). The standard InChI is InChI=1S/C22H20BrClN6S/c1-15-6-2-3-7-16(15)12-29-11-10-20(27-29)25-22(31)26-21-18(23)14-30(28-21)13-17-8-4-5-9-19(17)24/h2-11,14H,12-13H2,1H3,(H2,25,26,27,28,31). The summed E-state index contributed by atoms with van der Waals surface area (Å²) in [6.45, 7) is 3.36. The Hall–Kier alpha value is -2.68. The number of rotatable bonds is 6. The van der Waals surface area contributed by atoms with Crippen molar-refractivity contribution in [2.45, 2.75) is 20.0 Å². The first-order valence-electron chi connectivity index (χ1n) is 9.60. The molecule has 0 fully saturated rings. The quantitative estimate of drug-likeness (QED) is 0.322. The van der Waals surface area contributed by atoms with Crippen LogP contribution < -0.4 is 10.6 Å². The SMILES string of the molecule is Cc1ccccc1Cn1ccc(NC(=S)Nc2nn(Cc3ccccc3Cl)cc2Br)n1. The summed E-state index contributed by atoms with van der Waals surface area (Å²) in [7, 11) is 0. The van der Waals surface area contributed by atoms with Crippen LogP contribution >= 0.6 is 39.7 Å². The number of hydrogen-bond acceptors (Lipinski definition) is 3. The fraction of sp³-hybridized carbons (Fsp3) is 0.136. The van der Waals surface area contributed by atoms with E-state index in [-0.39, 0.29) is 0 Å². The molecule has 0 atom stereocenters. The van der Waals surface area contributed by atoms with E-state index in [9.17, 15) is 0 Å². The highest BCUT2D eigenvalue weighted by atomic mass is 79.9. The van der Waals surface area contributed by atoms with Gasteiger partial charge in [0.2, 0.25) is 0 Å². The lowest BCUT2D eigenvalue weighted by Gasteiger charge is -2.08. The first kappa shape index (κ1) is 21.5. The molecule has 31 heavy (non-hydrogen) atoms. The molecule has 0 saturated carbocycles. The number of anilines is 2. The third-order valence-electron chi connectivity index (χ3n) is 4.72. The minimum Gasteiger partial charge on any atom is -0.316 e. The maximum atomic E-state index is 6.25. The molecular weight excluding hydrogens is 496 g/mol. The highest BCUT2D eigenvalue weighted by Crippen LogP contribution is 2.23. The molecule has 6 nitrogen and oxygen atoms in total. The minimum atomic E-state index is 0.407. The average molecular weight is 516 g/mol. The maximum Gasteiger partial charge on any atom is 0.177 e. The van der Waals surface area contributed by atoms with E-state index in [1.54, 1.807) is 4.68 Å². The zero-order chi connectivity index (χ0) is 21.8. The first-order chi connectivity index (χ1) is 15.0. The number of benzene rings is 2. The van der Waals surface area contributed by atoms with Gasteiger partial charge in [0.25, 0.3) is 0 Å². The van der Waals surface area contributed by atoms with Gasteiger partial charge in [0, 0.05) is 23.5 Å². The molecule has 4 aromatic rings. The molecule has 2 N–H and O–H groups in total. The van der Waals surface area contributed by atoms with E-state index < -0.39 is 0 Å². The number of nitrogens with zero attached hydrogens (tertiary/aromatic N) is 4. The molecule has 2 aromatic heterocycles. The van der Waals surface area contributed by atoms with Crippen molar-refractivity contribution < 1.29 is 0 Å². The molecular formula is C22H20BrClN6S. The van der Waals surface area contributed by atoms with Crippen LogP contribution in [0.5, 0.6) is 0 Å². The Morgan fingerprint density at radius 2 is 1.68 bits per heavy atom. The highest BCUT2D eigenvalue weighted by Gasteiger charge is 2.11. The van der Waals surface area contributed by atoms with Crippen molar-refractivity contribution in [2.24, 2.45) is 0 Å². The lowest BCUT2D eigenvalue weighted by Crippen LogP contribution is -2.20. The minimum absolute atomic E-state index is 0.407. The van der Waals surface area contributed by atoms with Crippen LogP contribution in [0.15, 0.2) is 71.5 Å². The Labute approximate surface area is 199 Å². The van der Waals surface area contributed by atoms with Crippen LogP contribution in [0.25, 0.3) is 0 Å². The van der Waals surface area contributed by atoms with Gasteiger partial charge in [-0.15, -0.1) is 0 Å². The highest BCUT2D eigenvalue weighted by molar-refractivity contribution is 9.10. The molecule has 0 aliphatic carbocycles. The second-order valence-corrected chi connectivity index (χ2v) is 8.69. The number of hydrogen-bond donors (Lipinski definition) is 2. The van der Waals surface area contributed by atoms with Crippen LogP contribution in [-0.2, 0) is 13.1 Å². The summed E-state index contributed by atoms with van der Waals surface area (Å²) in [5.41, 5.74) is 3.46. The zero-order valence-electron chi connectivity index (χ0n) is 16.7. The number of aryl methyl sites for hydroxylation is 1. The topological polar surface area (TPSA) is 59.7 Å². The van der Waals surface area contributed by atoms with Gasteiger partial charge in [0.15, 0.2) is 16.7 Å². The van der Waals surface area contributed by atoms with E-state index in [0.29, 0.717) is 34.9 Å². The van der Waals surface area contributed by atoms with Crippen molar-refractivity contribution in [3.63, 3.8) is 0 Å². The predicted octanol–water partition coefficient (Wildman–Crippen LogP) is 5.71. The monoisotopic (exact) mass is 514 g/mol. The summed E-state index contributed by atoms with van der Waals surface area (Å²) in [4.78, 5) is 0. The fourth-order valence-corrected chi connectivity index (χ4v) is 3.91. The van der Waals surface area contributed by atoms with Gasteiger partial charge in [-0.2, -0.15) is 10.2 Å². The Balaban J connectivity index is 1.37. The van der Waals surface area contributed by atoms with Crippen LogP contribution in [0.4, 0.5) is 11.6 Å². The van der Waals surface area contributed by atoms with Crippen LogP contribution in [0, 0.1) is 6.92 Å². The van der Waals surface area contributed by atoms with E-state index in [1.807, 2.05) is 59.5 Å². The van der Waals surface area contributed by atoms with Gasteiger partial charge < -0.3 is 10.6 Å². The summed E-state index contributed by atoms with van der Waals surface area (Å²) in [5, 5.41) is 16.4. The molecule has 0 amide bonds. The predicted molar refractivity (Wildman–Crippen MR) is 133 cm³/mol. The van der Waals surface area contributed by atoms with Crippen LogP contribution in [0.3, 0.4) is 0 Å². The van der Waals surface area contributed by atoms with Gasteiger partial charge in [0.1, 0.15) is 0 Å². The van der Waals surface area contributed by atoms with Crippen molar-refractivity contribution in [1.29, 1.82) is 0 Å². The second kappa shape index (κ2) is 9.64. The van der Waals surface area contributed by atoms with Crippen LogP contribution in [0.1, 0.15) is 16.7 Å². The Morgan fingerprint density at radius 3 is 2.45 bits per heavy atom. The molecule has 158 valence electrons. The van der Waals surface area contributed by atoms with E-state index in [1.165, 1.54) is 11.1 Å². The lowest BCUT2D eigenvalue weighted by atomic mass is 10.1. The molecule has 0 unspecified atom stereocenters. The molecule has 9 heteroatoms. The van der Waals surface area contributed by atoms with Crippen molar-refractivity contribution in [3.8, 4) is 0 Å². The Morgan fingerprint density at radius 1 is 0.968 bits per heavy atom. The summed E-state index contributed by atoms with van der Waals surface area (Å²) < 4.78 is 4.48. The zero-order valence-corrected chi connectivity index (χ0v) is 19.9. The summed E-state index contributed by atoms with van der Waals surface area (Å²) in [6.07, 6.45) is 3.80. The maximum absolute atomic E-state index is 6.25. The molecule has 0 aliphatic rings. The van der Waals surface area contributed by atoms with Crippen molar-refractivity contribution in [1.82, 2.24) is 19.6 Å². The first-order valence-corrected chi connectivity index (χ1v) is 11.2. The molecule has 0 bridgehead atoms. The number of thiocarbonyl (C=S) groups is 1. The summed E-state index contributed by atoms with van der Waals surface area (Å²) >= 11 is 15.2. The fourth-order valence-electron chi connectivity index (χ4n) is 3.10. The second-order valence-electron chi connectivity index (χ2n) is 7.02. The van der Waals surface area contributed by atoms with Gasteiger partial charge in [-0.1, -0.05) is 54.1 Å². The Kier molecular flexibility index (Phi) is 6.70. The van der Waals surface area contributed by atoms with E-state index in [2.05, 4.69) is 55.8 Å². The molecule has 0 saturated heterocycles. The van der Waals surface area contributed by atoms with E-state index >= 15 is 0 Å². The Bertz CT molecular complexity index is 1220. The molecule has 0 aliphatic heterocycles. The molecule has 0 spiro atoms. The van der Waals surface area contributed by atoms with Crippen molar-refractivity contribution >= 4 is 56.5 Å². The van der Waals surface area contributed by atoms with Gasteiger partial charge in [-0.25, -0.2) is 0 Å². The number of nitrogens with one attached hydrogen (secondary N) is 2. The average Bonchev–Trinajstić information content (AvgIpc) is 3.31. The lowest BCUT2D eigenvalue weighted by molar-refractivity contribution is 0.687.